The van der Waals surface area contributed by atoms with E-state index < -0.39 is 0 Å². The molecule has 2 aromatic rings. The van der Waals surface area contributed by atoms with E-state index in [9.17, 15) is 10.2 Å². The molecule has 0 bridgehead atoms. The van der Waals surface area contributed by atoms with Gasteiger partial charge in [0.2, 0.25) is 0 Å². The van der Waals surface area contributed by atoms with Gasteiger partial charge in [0.05, 0.1) is 6.10 Å². The molecule has 3 rings (SSSR count). The monoisotopic (exact) mass is 324 g/mol. The minimum absolute atomic E-state index is 0.178. The Hall–Kier alpha value is -1.64. The number of hydrogen-bond donors (Lipinski definition) is 2. The molecule has 0 aromatic heterocycles. The molecular formula is C22H28O2. The maximum Gasteiger partial charge on any atom is 0.0549 e. The molecule has 1 fully saturated rings. The van der Waals surface area contributed by atoms with Crippen LogP contribution in [0, 0.1) is 5.92 Å². The number of aliphatic hydroxyl groups is 2. The van der Waals surface area contributed by atoms with Crippen LogP contribution in [-0.2, 0) is 12.8 Å². The van der Waals surface area contributed by atoms with Crippen LogP contribution in [0.15, 0.2) is 48.5 Å². The lowest BCUT2D eigenvalue weighted by Crippen LogP contribution is -2.27. The van der Waals surface area contributed by atoms with Crippen molar-refractivity contribution >= 4 is 0 Å². The molecule has 3 atom stereocenters. The summed E-state index contributed by atoms with van der Waals surface area (Å²) in [5, 5.41) is 19.5. The van der Waals surface area contributed by atoms with Crippen molar-refractivity contribution in [3.8, 4) is 0 Å². The fourth-order valence-electron chi connectivity index (χ4n) is 3.91. The highest BCUT2D eigenvalue weighted by Crippen LogP contribution is 2.36. The zero-order chi connectivity index (χ0) is 16.9. The number of hydrogen-bond acceptors (Lipinski definition) is 2. The fraction of sp³-hybridized carbons (Fsp3) is 0.455. The Bertz CT molecular complexity index is 647. The summed E-state index contributed by atoms with van der Waals surface area (Å²) in [6.07, 6.45) is 4.25. The summed E-state index contributed by atoms with van der Waals surface area (Å²) in [5.41, 5.74) is 5.33. The van der Waals surface area contributed by atoms with Gasteiger partial charge in [0, 0.05) is 6.61 Å². The van der Waals surface area contributed by atoms with Crippen molar-refractivity contribution in [1.29, 1.82) is 0 Å². The molecule has 1 aliphatic rings. The Balaban J connectivity index is 1.73. The summed E-state index contributed by atoms with van der Waals surface area (Å²) in [6, 6.07) is 17.6. The number of aliphatic hydroxyl groups excluding tert-OH is 2. The fourth-order valence-corrected chi connectivity index (χ4v) is 3.91. The van der Waals surface area contributed by atoms with Crippen LogP contribution in [0.2, 0.25) is 0 Å². The first kappa shape index (κ1) is 17.2. The van der Waals surface area contributed by atoms with Crippen molar-refractivity contribution in [2.45, 2.75) is 51.0 Å². The molecule has 2 nitrogen and oxygen atoms in total. The van der Waals surface area contributed by atoms with E-state index >= 15 is 0 Å². The summed E-state index contributed by atoms with van der Waals surface area (Å²) in [4.78, 5) is 0. The Morgan fingerprint density at radius 2 is 1.67 bits per heavy atom. The molecule has 1 aliphatic carbocycles. The van der Waals surface area contributed by atoms with Gasteiger partial charge in [-0.25, -0.2) is 0 Å². The molecule has 0 aliphatic heterocycles. The van der Waals surface area contributed by atoms with E-state index in [1.54, 1.807) is 0 Å². The number of benzene rings is 2. The van der Waals surface area contributed by atoms with E-state index in [1.807, 2.05) is 0 Å². The van der Waals surface area contributed by atoms with Crippen LogP contribution in [0.25, 0.3) is 0 Å². The third kappa shape index (κ3) is 4.25. The van der Waals surface area contributed by atoms with Crippen LogP contribution in [0.3, 0.4) is 0 Å². The van der Waals surface area contributed by atoms with Gasteiger partial charge in [0.15, 0.2) is 0 Å². The minimum atomic E-state index is -0.286. The Labute approximate surface area is 145 Å². The van der Waals surface area contributed by atoms with Gasteiger partial charge in [0.25, 0.3) is 0 Å². The summed E-state index contributed by atoms with van der Waals surface area (Å²) >= 11 is 0. The topological polar surface area (TPSA) is 40.5 Å². The Morgan fingerprint density at radius 1 is 0.917 bits per heavy atom. The average molecular weight is 324 g/mol. The Morgan fingerprint density at radius 3 is 2.38 bits per heavy atom. The molecule has 24 heavy (non-hydrogen) atoms. The zero-order valence-electron chi connectivity index (χ0n) is 14.5. The van der Waals surface area contributed by atoms with Crippen LogP contribution in [0.4, 0.5) is 0 Å². The Kier molecular flexibility index (Phi) is 5.70. The van der Waals surface area contributed by atoms with Crippen LogP contribution in [0.1, 0.15) is 54.4 Å². The van der Waals surface area contributed by atoms with Gasteiger partial charge >= 0.3 is 0 Å². The van der Waals surface area contributed by atoms with Gasteiger partial charge in [-0.3, -0.25) is 0 Å². The van der Waals surface area contributed by atoms with Crippen molar-refractivity contribution in [2.24, 2.45) is 5.92 Å². The van der Waals surface area contributed by atoms with Gasteiger partial charge in [-0.05, 0) is 66.2 Å². The lowest BCUT2D eigenvalue weighted by Gasteiger charge is -2.32. The molecule has 2 N–H and O–H groups in total. The van der Waals surface area contributed by atoms with Gasteiger partial charge < -0.3 is 10.2 Å². The summed E-state index contributed by atoms with van der Waals surface area (Å²) in [7, 11) is 0. The first-order valence-corrected chi connectivity index (χ1v) is 9.13. The summed E-state index contributed by atoms with van der Waals surface area (Å²) in [6.45, 7) is 2.35. The predicted molar refractivity (Wildman–Crippen MR) is 98.2 cm³/mol. The average Bonchev–Trinajstić information content (AvgIpc) is 2.62. The first-order valence-electron chi connectivity index (χ1n) is 9.13. The molecule has 0 spiro atoms. The predicted octanol–water partition coefficient (Wildman–Crippen LogP) is 4.08. The second-order valence-electron chi connectivity index (χ2n) is 7.20. The second-order valence-corrected chi connectivity index (χ2v) is 7.20. The molecular weight excluding hydrogens is 296 g/mol. The van der Waals surface area contributed by atoms with E-state index in [-0.39, 0.29) is 18.6 Å². The lowest BCUT2D eigenvalue weighted by molar-refractivity contribution is 0.0650. The van der Waals surface area contributed by atoms with E-state index in [4.69, 9.17) is 0 Å². The van der Waals surface area contributed by atoms with Gasteiger partial charge in [0.1, 0.15) is 0 Å². The second kappa shape index (κ2) is 7.96. The normalized spacial score (nSPS) is 24.0. The molecule has 0 amide bonds. The van der Waals surface area contributed by atoms with Crippen LogP contribution < -0.4 is 0 Å². The highest BCUT2D eigenvalue weighted by molar-refractivity contribution is 5.32. The van der Waals surface area contributed by atoms with Crippen molar-refractivity contribution < 1.29 is 10.2 Å². The van der Waals surface area contributed by atoms with Gasteiger partial charge in [-0.2, -0.15) is 0 Å². The standard InChI is InChI=1S/C22H28O2/c1-2-16-6-8-17(9-7-16)10-18-4-3-5-20(11-18)21-12-19(15-23)13-22(24)14-21/h3-9,11,19,21-24H,2,10,12-15H2,1H3. The van der Waals surface area contributed by atoms with Gasteiger partial charge in [-0.1, -0.05) is 55.5 Å². The van der Waals surface area contributed by atoms with Crippen LogP contribution >= 0.6 is 0 Å². The molecule has 1 saturated carbocycles. The zero-order valence-corrected chi connectivity index (χ0v) is 14.5. The van der Waals surface area contributed by atoms with E-state index in [0.717, 1.165) is 32.1 Å². The highest BCUT2D eigenvalue weighted by Gasteiger charge is 2.28. The summed E-state index contributed by atoms with van der Waals surface area (Å²) in [5.74, 6) is 0.581. The van der Waals surface area contributed by atoms with Crippen LogP contribution in [0.5, 0.6) is 0 Å². The van der Waals surface area contributed by atoms with E-state index in [0.29, 0.717) is 5.92 Å². The molecule has 2 aromatic carbocycles. The van der Waals surface area contributed by atoms with E-state index in [2.05, 4.69) is 55.5 Å². The van der Waals surface area contributed by atoms with Crippen molar-refractivity contribution in [2.75, 3.05) is 6.61 Å². The molecule has 0 heterocycles. The first-order chi connectivity index (χ1) is 11.7. The third-order valence-electron chi connectivity index (χ3n) is 5.30. The molecule has 128 valence electrons. The third-order valence-corrected chi connectivity index (χ3v) is 5.30. The SMILES string of the molecule is CCc1ccc(Cc2cccc(C3CC(O)CC(CO)C3)c2)cc1. The quantitative estimate of drug-likeness (QED) is 0.870. The van der Waals surface area contributed by atoms with Crippen molar-refractivity contribution in [1.82, 2.24) is 0 Å². The van der Waals surface area contributed by atoms with Crippen LogP contribution in [-0.4, -0.2) is 22.9 Å². The number of aryl methyl sites for hydroxylation is 1. The highest BCUT2D eigenvalue weighted by atomic mass is 16.3. The largest absolute Gasteiger partial charge is 0.396 e. The molecule has 3 unspecified atom stereocenters. The maximum atomic E-state index is 10.1. The van der Waals surface area contributed by atoms with Crippen molar-refractivity contribution in [3.05, 3.63) is 70.8 Å². The van der Waals surface area contributed by atoms with Crippen molar-refractivity contribution in [3.63, 3.8) is 0 Å². The van der Waals surface area contributed by atoms with Gasteiger partial charge in [-0.15, -0.1) is 0 Å². The minimum Gasteiger partial charge on any atom is -0.396 e. The maximum absolute atomic E-state index is 10.1. The summed E-state index contributed by atoms with van der Waals surface area (Å²) < 4.78 is 0. The molecule has 0 radical (unpaired) electrons. The van der Waals surface area contributed by atoms with E-state index in [1.165, 1.54) is 22.3 Å². The molecule has 0 saturated heterocycles. The lowest BCUT2D eigenvalue weighted by atomic mass is 9.76. The molecule has 2 heteroatoms. The smallest absolute Gasteiger partial charge is 0.0549 e. The number of rotatable bonds is 5.